The minimum atomic E-state index is 0.165. The summed E-state index contributed by atoms with van der Waals surface area (Å²) in [5, 5.41) is 9.01. The van der Waals surface area contributed by atoms with E-state index >= 15 is 0 Å². The maximum Gasteiger partial charge on any atom is 0.178 e. The summed E-state index contributed by atoms with van der Waals surface area (Å²) in [6.45, 7) is 2.63. The van der Waals surface area contributed by atoms with E-state index in [0.29, 0.717) is 12.5 Å². The maximum absolute atomic E-state index is 12.3. The van der Waals surface area contributed by atoms with Crippen LogP contribution < -0.4 is 0 Å². The standard InChI is InChI=1S/C13H17Br2NO2S/c14-12-6-10(13(15)19-12)11(18)8-16-4-1-2-9(7-16)3-5-17/h6,9,17H,1-5,7-8H2. The number of aliphatic hydroxyl groups is 1. The molecule has 1 N–H and O–H groups in total. The zero-order chi connectivity index (χ0) is 13.8. The van der Waals surface area contributed by atoms with E-state index in [4.69, 9.17) is 5.11 Å². The first-order chi connectivity index (χ1) is 9.10. The number of likely N-dealkylation sites (tertiary alicyclic amines) is 1. The number of carbonyl (C=O) groups excluding carboxylic acids is 1. The molecule has 1 unspecified atom stereocenters. The summed E-state index contributed by atoms with van der Waals surface area (Å²) < 4.78 is 1.87. The second-order valence-electron chi connectivity index (χ2n) is 4.92. The third-order valence-corrected chi connectivity index (χ3v) is 5.80. The first kappa shape index (κ1) is 15.6. The lowest BCUT2D eigenvalue weighted by Gasteiger charge is -2.31. The molecule has 3 nitrogen and oxygen atoms in total. The Balaban J connectivity index is 1.93. The number of piperidine rings is 1. The van der Waals surface area contributed by atoms with Crippen LogP contribution in [0.2, 0.25) is 0 Å². The van der Waals surface area contributed by atoms with E-state index in [0.717, 1.165) is 39.1 Å². The van der Waals surface area contributed by atoms with Crippen LogP contribution in [0.5, 0.6) is 0 Å². The number of halogens is 2. The number of thiophene rings is 1. The Kier molecular flexibility index (Phi) is 6.02. The van der Waals surface area contributed by atoms with E-state index in [9.17, 15) is 4.79 Å². The van der Waals surface area contributed by atoms with Gasteiger partial charge in [-0.2, -0.15) is 0 Å². The summed E-state index contributed by atoms with van der Waals surface area (Å²) in [5.74, 6) is 0.697. The van der Waals surface area contributed by atoms with Crippen molar-refractivity contribution in [2.24, 2.45) is 5.92 Å². The zero-order valence-electron chi connectivity index (χ0n) is 10.6. The van der Waals surface area contributed by atoms with Gasteiger partial charge in [0.1, 0.15) is 0 Å². The highest BCUT2D eigenvalue weighted by atomic mass is 79.9. The van der Waals surface area contributed by atoms with Gasteiger partial charge in [0.05, 0.1) is 14.1 Å². The lowest BCUT2D eigenvalue weighted by atomic mass is 9.95. The topological polar surface area (TPSA) is 40.5 Å². The van der Waals surface area contributed by atoms with Gasteiger partial charge in [0.25, 0.3) is 0 Å². The van der Waals surface area contributed by atoms with Gasteiger partial charge in [-0.3, -0.25) is 9.69 Å². The van der Waals surface area contributed by atoms with Gasteiger partial charge < -0.3 is 5.11 Å². The molecule has 1 aliphatic rings. The van der Waals surface area contributed by atoms with Gasteiger partial charge in [-0.1, -0.05) is 0 Å². The van der Waals surface area contributed by atoms with Crippen molar-refractivity contribution in [3.05, 3.63) is 19.2 Å². The van der Waals surface area contributed by atoms with Crippen LogP contribution in [-0.4, -0.2) is 42.0 Å². The summed E-state index contributed by atoms with van der Waals surface area (Å²) in [5.41, 5.74) is 0.765. The van der Waals surface area contributed by atoms with E-state index < -0.39 is 0 Å². The second kappa shape index (κ2) is 7.31. The summed E-state index contributed by atoms with van der Waals surface area (Å²) in [6.07, 6.45) is 3.13. The Morgan fingerprint density at radius 3 is 2.95 bits per heavy atom. The Hall–Kier alpha value is 0.250. The van der Waals surface area contributed by atoms with Crippen LogP contribution in [0.1, 0.15) is 29.6 Å². The monoisotopic (exact) mass is 409 g/mol. The number of Topliss-reactive ketones (excluding diaryl/α,β-unsaturated/α-hetero) is 1. The predicted molar refractivity (Wildman–Crippen MR) is 84.9 cm³/mol. The van der Waals surface area contributed by atoms with Crippen LogP contribution in [0.25, 0.3) is 0 Å². The van der Waals surface area contributed by atoms with Gasteiger partial charge in [0, 0.05) is 18.7 Å². The molecular formula is C13H17Br2NO2S. The van der Waals surface area contributed by atoms with E-state index in [1.807, 2.05) is 6.07 Å². The summed E-state index contributed by atoms with van der Waals surface area (Å²) in [4.78, 5) is 14.5. The van der Waals surface area contributed by atoms with Crippen molar-refractivity contribution < 1.29 is 9.90 Å². The van der Waals surface area contributed by atoms with E-state index in [-0.39, 0.29) is 12.4 Å². The van der Waals surface area contributed by atoms with Crippen LogP contribution in [-0.2, 0) is 0 Å². The summed E-state index contributed by atoms with van der Waals surface area (Å²) in [7, 11) is 0. The first-order valence-corrected chi connectivity index (χ1v) is 8.81. The summed E-state index contributed by atoms with van der Waals surface area (Å²) in [6, 6.07) is 1.88. The highest BCUT2D eigenvalue weighted by molar-refractivity contribution is 9.12. The molecule has 0 radical (unpaired) electrons. The summed E-state index contributed by atoms with van der Waals surface area (Å²) >= 11 is 8.37. The van der Waals surface area contributed by atoms with Gasteiger partial charge in [-0.05, 0) is 69.7 Å². The minimum absolute atomic E-state index is 0.165. The van der Waals surface area contributed by atoms with Crippen molar-refractivity contribution in [1.29, 1.82) is 0 Å². The molecule has 1 saturated heterocycles. The Morgan fingerprint density at radius 2 is 2.32 bits per heavy atom. The molecule has 6 heteroatoms. The molecule has 1 aliphatic heterocycles. The van der Waals surface area contributed by atoms with E-state index in [1.54, 1.807) is 0 Å². The average Bonchev–Trinajstić information content (AvgIpc) is 2.69. The SMILES string of the molecule is O=C(CN1CCCC(CCO)C1)c1cc(Br)sc1Br. The van der Waals surface area contributed by atoms with Gasteiger partial charge in [0.15, 0.2) is 5.78 Å². The van der Waals surface area contributed by atoms with Gasteiger partial charge >= 0.3 is 0 Å². The zero-order valence-corrected chi connectivity index (χ0v) is 14.6. The highest BCUT2D eigenvalue weighted by Crippen LogP contribution is 2.32. The van der Waals surface area contributed by atoms with Crippen molar-refractivity contribution in [3.63, 3.8) is 0 Å². The van der Waals surface area contributed by atoms with E-state index in [1.165, 1.54) is 17.8 Å². The van der Waals surface area contributed by atoms with Gasteiger partial charge in [-0.15, -0.1) is 11.3 Å². The third kappa shape index (κ3) is 4.36. The fourth-order valence-corrected chi connectivity index (χ4v) is 5.39. The normalized spacial score (nSPS) is 20.7. The second-order valence-corrected chi connectivity index (χ2v) is 8.67. The Bertz CT molecular complexity index is 448. The third-order valence-electron chi connectivity index (χ3n) is 3.46. The molecule has 0 bridgehead atoms. The molecule has 0 aromatic carbocycles. The molecule has 106 valence electrons. The molecule has 1 aromatic heterocycles. The number of carbonyl (C=O) groups is 1. The number of nitrogens with zero attached hydrogens (tertiary/aromatic N) is 1. The average molecular weight is 411 g/mol. The molecule has 1 aromatic rings. The molecule has 0 spiro atoms. The molecule has 0 saturated carbocycles. The molecular weight excluding hydrogens is 394 g/mol. The predicted octanol–water partition coefficient (Wildman–Crippen LogP) is 3.55. The fourth-order valence-electron chi connectivity index (χ4n) is 2.53. The van der Waals surface area contributed by atoms with Crippen molar-refractivity contribution in [2.45, 2.75) is 19.3 Å². The fraction of sp³-hybridized carbons (Fsp3) is 0.615. The first-order valence-electron chi connectivity index (χ1n) is 6.41. The number of hydrogen-bond donors (Lipinski definition) is 1. The number of hydrogen-bond acceptors (Lipinski definition) is 4. The quantitative estimate of drug-likeness (QED) is 0.754. The molecule has 19 heavy (non-hydrogen) atoms. The van der Waals surface area contributed by atoms with Crippen molar-refractivity contribution in [2.75, 3.05) is 26.2 Å². The van der Waals surface area contributed by atoms with E-state index in [2.05, 4.69) is 36.8 Å². The van der Waals surface area contributed by atoms with Crippen molar-refractivity contribution in [1.82, 2.24) is 4.90 Å². The van der Waals surface area contributed by atoms with Crippen LogP contribution in [0.4, 0.5) is 0 Å². The van der Waals surface area contributed by atoms with Crippen molar-refractivity contribution >= 4 is 49.0 Å². The van der Waals surface area contributed by atoms with Crippen LogP contribution >= 0.6 is 43.2 Å². The molecule has 1 atom stereocenters. The number of rotatable bonds is 5. The Morgan fingerprint density at radius 1 is 1.53 bits per heavy atom. The highest BCUT2D eigenvalue weighted by Gasteiger charge is 2.23. The lowest BCUT2D eigenvalue weighted by molar-refractivity contribution is 0.0871. The van der Waals surface area contributed by atoms with Gasteiger partial charge in [0.2, 0.25) is 0 Å². The number of aliphatic hydroxyl groups excluding tert-OH is 1. The Labute approximate surface area is 134 Å². The van der Waals surface area contributed by atoms with Crippen LogP contribution in [0.3, 0.4) is 0 Å². The lowest BCUT2D eigenvalue weighted by Crippen LogP contribution is -2.39. The largest absolute Gasteiger partial charge is 0.396 e. The van der Waals surface area contributed by atoms with Crippen LogP contribution in [0.15, 0.2) is 13.6 Å². The smallest absolute Gasteiger partial charge is 0.178 e. The van der Waals surface area contributed by atoms with Crippen molar-refractivity contribution in [3.8, 4) is 0 Å². The molecule has 0 aliphatic carbocycles. The molecule has 2 rings (SSSR count). The molecule has 1 fully saturated rings. The van der Waals surface area contributed by atoms with Crippen LogP contribution in [0, 0.1) is 5.92 Å². The molecule has 0 amide bonds. The minimum Gasteiger partial charge on any atom is -0.396 e. The maximum atomic E-state index is 12.3. The molecule has 2 heterocycles. The van der Waals surface area contributed by atoms with Gasteiger partial charge in [-0.25, -0.2) is 0 Å². The number of ketones is 1.